The predicted octanol–water partition coefficient (Wildman–Crippen LogP) is 2.55. The summed E-state index contributed by atoms with van der Waals surface area (Å²) in [5.41, 5.74) is 8.02. The molecular weight excluding hydrogens is 360 g/mol. The van der Waals surface area contributed by atoms with E-state index in [1.165, 1.54) is 12.1 Å². The van der Waals surface area contributed by atoms with Crippen molar-refractivity contribution in [2.24, 2.45) is 5.73 Å². The van der Waals surface area contributed by atoms with E-state index in [4.69, 9.17) is 10.5 Å². The Kier molecular flexibility index (Phi) is 7.03. The number of carbonyl (C=O) groups excluding carboxylic acids is 4. The second-order valence-electron chi connectivity index (χ2n) is 6.36. The second kappa shape index (κ2) is 9.45. The number of Topliss-reactive ketones (excluding diaryl/α,β-unsaturated/α-hetero) is 1. The molecule has 7 heteroatoms. The fraction of sp³-hybridized carbons (Fsp3) is 0.238. The van der Waals surface area contributed by atoms with E-state index in [-0.39, 0.29) is 29.9 Å². The number of ketones is 1. The van der Waals surface area contributed by atoms with Crippen LogP contribution in [-0.2, 0) is 14.3 Å². The maximum Gasteiger partial charge on any atom is 0.306 e. The number of benzene rings is 2. The zero-order valence-corrected chi connectivity index (χ0v) is 15.8. The molecule has 28 heavy (non-hydrogen) atoms. The van der Waals surface area contributed by atoms with Crippen LogP contribution in [-0.4, -0.2) is 30.2 Å². The summed E-state index contributed by atoms with van der Waals surface area (Å²) < 4.78 is 4.90. The molecule has 0 fully saturated rings. The van der Waals surface area contributed by atoms with Crippen molar-refractivity contribution in [3.8, 4) is 0 Å². The highest BCUT2D eigenvalue weighted by Crippen LogP contribution is 2.15. The Morgan fingerprint density at radius 2 is 1.68 bits per heavy atom. The number of para-hydroxylation sites is 1. The molecule has 2 aromatic rings. The third kappa shape index (κ3) is 5.77. The molecule has 2 aromatic carbocycles. The van der Waals surface area contributed by atoms with Crippen molar-refractivity contribution >= 4 is 29.3 Å². The summed E-state index contributed by atoms with van der Waals surface area (Å²) in [5, 5.41) is 2.47. The number of esters is 1. The first-order valence-corrected chi connectivity index (χ1v) is 8.72. The zero-order valence-electron chi connectivity index (χ0n) is 15.8. The van der Waals surface area contributed by atoms with Gasteiger partial charge in [-0.05, 0) is 37.6 Å². The summed E-state index contributed by atoms with van der Waals surface area (Å²) in [5.74, 6) is -2.10. The van der Waals surface area contributed by atoms with Crippen molar-refractivity contribution in [1.82, 2.24) is 0 Å². The van der Waals surface area contributed by atoms with Crippen LogP contribution in [0.4, 0.5) is 5.69 Å². The molecule has 2 amide bonds. The molecule has 0 aliphatic heterocycles. The molecule has 146 valence electrons. The van der Waals surface area contributed by atoms with Gasteiger partial charge in [0.15, 0.2) is 12.4 Å². The maximum atomic E-state index is 12.3. The number of nitrogens with one attached hydrogen (secondary N) is 1. The summed E-state index contributed by atoms with van der Waals surface area (Å²) in [6, 6.07) is 11.8. The van der Waals surface area contributed by atoms with Crippen LogP contribution in [0.3, 0.4) is 0 Å². The van der Waals surface area contributed by atoms with Crippen LogP contribution in [0.2, 0.25) is 0 Å². The average Bonchev–Trinajstić information content (AvgIpc) is 2.66. The quantitative estimate of drug-likeness (QED) is 0.538. The Hall–Kier alpha value is -3.48. The minimum atomic E-state index is -0.683. The van der Waals surface area contributed by atoms with Crippen LogP contribution in [0.15, 0.2) is 42.5 Å². The number of ether oxygens (including phenoxy) is 1. The fourth-order valence-corrected chi connectivity index (χ4v) is 2.60. The van der Waals surface area contributed by atoms with Gasteiger partial charge in [0, 0.05) is 12.0 Å². The number of primary amides is 1. The molecule has 0 saturated heterocycles. The number of hydrogen-bond donors (Lipinski definition) is 2. The van der Waals surface area contributed by atoms with Gasteiger partial charge in [0.1, 0.15) is 0 Å². The Balaban J connectivity index is 1.82. The van der Waals surface area contributed by atoms with Gasteiger partial charge in [-0.25, -0.2) is 0 Å². The number of hydrogen-bond acceptors (Lipinski definition) is 5. The first-order chi connectivity index (χ1) is 13.3. The van der Waals surface area contributed by atoms with Crippen LogP contribution in [0.5, 0.6) is 0 Å². The SMILES string of the molecule is Cc1ccc(C)c(C(=O)CCC(=O)OCC(=O)Nc2ccccc2C(N)=O)c1. The molecule has 7 nitrogen and oxygen atoms in total. The van der Waals surface area contributed by atoms with Gasteiger partial charge in [0.2, 0.25) is 0 Å². The minimum absolute atomic E-state index is 0.00471. The molecule has 0 radical (unpaired) electrons. The molecule has 0 spiro atoms. The number of carbonyl (C=O) groups is 4. The summed E-state index contributed by atoms with van der Waals surface area (Å²) >= 11 is 0. The lowest BCUT2D eigenvalue weighted by Gasteiger charge is -2.09. The molecule has 0 atom stereocenters. The molecule has 0 unspecified atom stereocenters. The van der Waals surface area contributed by atoms with Gasteiger partial charge < -0.3 is 15.8 Å². The lowest BCUT2D eigenvalue weighted by molar-refractivity contribution is -0.147. The van der Waals surface area contributed by atoms with E-state index in [0.29, 0.717) is 5.56 Å². The average molecular weight is 382 g/mol. The number of anilines is 1. The van der Waals surface area contributed by atoms with E-state index < -0.39 is 24.4 Å². The number of nitrogens with two attached hydrogens (primary N) is 1. The summed E-state index contributed by atoms with van der Waals surface area (Å²) in [6.45, 7) is 3.20. The standard InChI is InChI=1S/C21H22N2O5/c1-13-7-8-14(2)16(11-13)18(24)9-10-20(26)28-12-19(25)23-17-6-4-3-5-15(17)21(22)27/h3-8,11H,9-10,12H2,1-2H3,(H2,22,27)(H,23,25). The lowest BCUT2D eigenvalue weighted by Crippen LogP contribution is -2.23. The van der Waals surface area contributed by atoms with Gasteiger partial charge in [0.25, 0.3) is 11.8 Å². The van der Waals surface area contributed by atoms with Crippen LogP contribution in [0, 0.1) is 13.8 Å². The van der Waals surface area contributed by atoms with Gasteiger partial charge in [-0.1, -0.05) is 29.8 Å². The largest absolute Gasteiger partial charge is 0.456 e. The Labute approximate surface area is 162 Å². The van der Waals surface area contributed by atoms with Crippen molar-refractivity contribution in [2.45, 2.75) is 26.7 Å². The topological polar surface area (TPSA) is 116 Å². The Morgan fingerprint density at radius 1 is 0.964 bits per heavy atom. The van der Waals surface area contributed by atoms with Gasteiger partial charge in [0.05, 0.1) is 17.7 Å². The van der Waals surface area contributed by atoms with Crippen molar-refractivity contribution in [3.05, 3.63) is 64.7 Å². The van der Waals surface area contributed by atoms with Crippen molar-refractivity contribution in [2.75, 3.05) is 11.9 Å². The smallest absolute Gasteiger partial charge is 0.306 e. The number of rotatable bonds is 8. The molecule has 3 N–H and O–H groups in total. The summed E-state index contributed by atoms with van der Waals surface area (Å²) in [4.78, 5) is 47.4. The molecule has 0 heterocycles. The second-order valence-corrected chi connectivity index (χ2v) is 6.36. The summed E-state index contributed by atoms with van der Waals surface area (Å²) in [7, 11) is 0. The molecule has 0 bridgehead atoms. The highest BCUT2D eigenvalue weighted by atomic mass is 16.5. The van der Waals surface area contributed by atoms with E-state index in [1.54, 1.807) is 18.2 Å². The van der Waals surface area contributed by atoms with E-state index in [9.17, 15) is 19.2 Å². The molecule has 0 aromatic heterocycles. The van der Waals surface area contributed by atoms with Crippen molar-refractivity contribution in [3.63, 3.8) is 0 Å². The molecule has 0 saturated carbocycles. The lowest BCUT2D eigenvalue weighted by atomic mass is 9.99. The van der Waals surface area contributed by atoms with Gasteiger partial charge >= 0.3 is 5.97 Å². The monoisotopic (exact) mass is 382 g/mol. The Morgan fingerprint density at radius 3 is 2.39 bits per heavy atom. The van der Waals surface area contributed by atoms with Gasteiger partial charge in [-0.3, -0.25) is 19.2 Å². The minimum Gasteiger partial charge on any atom is -0.456 e. The molecule has 2 rings (SSSR count). The molecule has 0 aliphatic carbocycles. The first kappa shape index (κ1) is 20.8. The molecule has 0 aliphatic rings. The maximum absolute atomic E-state index is 12.3. The Bertz CT molecular complexity index is 921. The van der Waals surface area contributed by atoms with E-state index in [2.05, 4.69) is 5.32 Å². The number of aryl methyl sites for hydroxylation is 2. The van der Waals surface area contributed by atoms with Gasteiger partial charge in [-0.15, -0.1) is 0 Å². The number of amides is 2. The van der Waals surface area contributed by atoms with Crippen LogP contribution < -0.4 is 11.1 Å². The van der Waals surface area contributed by atoms with Crippen LogP contribution in [0.1, 0.15) is 44.7 Å². The van der Waals surface area contributed by atoms with Crippen LogP contribution in [0.25, 0.3) is 0 Å². The van der Waals surface area contributed by atoms with Crippen molar-refractivity contribution < 1.29 is 23.9 Å². The highest BCUT2D eigenvalue weighted by Gasteiger charge is 2.15. The summed E-state index contributed by atoms with van der Waals surface area (Å²) in [6.07, 6.45) is -0.132. The first-order valence-electron chi connectivity index (χ1n) is 8.72. The third-order valence-corrected chi connectivity index (χ3v) is 4.08. The normalized spacial score (nSPS) is 10.2. The van der Waals surface area contributed by atoms with E-state index in [0.717, 1.165) is 11.1 Å². The fourth-order valence-electron chi connectivity index (χ4n) is 2.60. The predicted molar refractivity (Wildman–Crippen MR) is 104 cm³/mol. The zero-order chi connectivity index (χ0) is 20.7. The van der Waals surface area contributed by atoms with Crippen molar-refractivity contribution in [1.29, 1.82) is 0 Å². The third-order valence-electron chi connectivity index (χ3n) is 4.08. The molecular formula is C21H22N2O5. The van der Waals surface area contributed by atoms with E-state index in [1.807, 2.05) is 26.0 Å². The highest BCUT2D eigenvalue weighted by molar-refractivity contribution is 6.03. The van der Waals surface area contributed by atoms with Gasteiger partial charge in [-0.2, -0.15) is 0 Å². The van der Waals surface area contributed by atoms with Crippen LogP contribution >= 0.6 is 0 Å². The van der Waals surface area contributed by atoms with E-state index >= 15 is 0 Å².